The monoisotopic (exact) mass is 358 g/mol. The molecule has 24 heavy (non-hydrogen) atoms. The van der Waals surface area contributed by atoms with Crippen molar-refractivity contribution in [3.05, 3.63) is 71.2 Å². The van der Waals surface area contributed by atoms with E-state index < -0.39 is 10.0 Å². The van der Waals surface area contributed by atoms with Gasteiger partial charge in [-0.25, -0.2) is 18.1 Å². The lowest BCUT2D eigenvalue weighted by Crippen LogP contribution is -2.26. The van der Waals surface area contributed by atoms with Crippen LogP contribution in [0.4, 0.5) is 0 Å². The average Bonchev–Trinajstić information content (AvgIpc) is 3.04. The number of rotatable bonds is 6. The van der Waals surface area contributed by atoms with Gasteiger partial charge in [-0.05, 0) is 24.6 Å². The number of nitrogens with one attached hydrogen (secondary N) is 1. The molecule has 0 saturated carbocycles. The van der Waals surface area contributed by atoms with Gasteiger partial charge < -0.3 is 0 Å². The maximum Gasteiger partial charge on any atom is 0.240 e. The standard InChI is InChI=1S/C18H18N2O2S2/c1-14-7-5-6-10-17(14)18-20-15(13-23-18)11-12-19-24(21,22)16-8-3-2-4-9-16/h2-10,13,19H,11-12H2,1H3. The summed E-state index contributed by atoms with van der Waals surface area (Å²) < 4.78 is 27.0. The molecule has 0 saturated heterocycles. The minimum absolute atomic E-state index is 0.281. The molecule has 0 amide bonds. The summed E-state index contributed by atoms with van der Waals surface area (Å²) in [5.74, 6) is 0. The largest absolute Gasteiger partial charge is 0.241 e. The Morgan fingerprint density at radius 2 is 1.75 bits per heavy atom. The van der Waals surface area contributed by atoms with Crippen LogP contribution in [0.5, 0.6) is 0 Å². The third-order valence-electron chi connectivity index (χ3n) is 3.65. The van der Waals surface area contributed by atoms with Gasteiger partial charge in [0.1, 0.15) is 5.01 Å². The fourth-order valence-corrected chi connectivity index (χ4v) is 4.35. The fourth-order valence-electron chi connectivity index (χ4n) is 2.35. The second-order valence-corrected chi connectivity index (χ2v) is 8.04. The molecule has 4 nitrogen and oxygen atoms in total. The normalized spacial score (nSPS) is 11.5. The van der Waals surface area contributed by atoms with Crippen LogP contribution in [-0.2, 0) is 16.4 Å². The number of nitrogens with zero attached hydrogens (tertiary/aromatic N) is 1. The quantitative estimate of drug-likeness (QED) is 0.732. The molecule has 0 unspecified atom stereocenters. The zero-order chi connectivity index (χ0) is 17.0. The van der Waals surface area contributed by atoms with E-state index in [4.69, 9.17) is 0 Å². The third-order valence-corrected chi connectivity index (χ3v) is 6.06. The maximum absolute atomic E-state index is 12.2. The summed E-state index contributed by atoms with van der Waals surface area (Å²) in [6.45, 7) is 2.39. The molecule has 0 aliphatic heterocycles. The van der Waals surface area contributed by atoms with Crippen molar-refractivity contribution in [2.75, 3.05) is 6.54 Å². The molecule has 6 heteroatoms. The summed E-state index contributed by atoms with van der Waals surface area (Å²) in [6, 6.07) is 16.5. The summed E-state index contributed by atoms with van der Waals surface area (Å²) in [4.78, 5) is 4.90. The Morgan fingerprint density at radius 1 is 1.04 bits per heavy atom. The molecule has 2 aromatic carbocycles. The van der Waals surface area contributed by atoms with Crippen molar-refractivity contribution in [2.45, 2.75) is 18.2 Å². The number of hydrogen-bond acceptors (Lipinski definition) is 4. The van der Waals surface area contributed by atoms with E-state index in [2.05, 4.69) is 28.8 Å². The Bertz CT molecular complexity index is 919. The third kappa shape index (κ3) is 3.90. The molecule has 0 bridgehead atoms. The van der Waals surface area contributed by atoms with Crippen LogP contribution in [0.3, 0.4) is 0 Å². The van der Waals surface area contributed by atoms with Crippen LogP contribution in [0.2, 0.25) is 0 Å². The van der Waals surface area contributed by atoms with E-state index in [1.165, 1.54) is 5.56 Å². The van der Waals surface area contributed by atoms with E-state index >= 15 is 0 Å². The highest BCUT2D eigenvalue weighted by molar-refractivity contribution is 7.89. The zero-order valence-electron chi connectivity index (χ0n) is 13.3. The first kappa shape index (κ1) is 16.8. The first-order valence-electron chi connectivity index (χ1n) is 7.61. The van der Waals surface area contributed by atoms with Gasteiger partial charge in [-0.15, -0.1) is 11.3 Å². The summed E-state index contributed by atoms with van der Waals surface area (Å²) in [6.07, 6.45) is 0.564. The Hall–Kier alpha value is -2.02. The highest BCUT2D eigenvalue weighted by atomic mass is 32.2. The van der Waals surface area contributed by atoms with Crippen LogP contribution in [-0.4, -0.2) is 19.9 Å². The number of aryl methyl sites for hydroxylation is 1. The highest BCUT2D eigenvalue weighted by Crippen LogP contribution is 2.26. The Kier molecular flexibility index (Phi) is 5.08. The summed E-state index contributed by atoms with van der Waals surface area (Å²) in [7, 11) is -3.46. The van der Waals surface area contributed by atoms with E-state index in [-0.39, 0.29) is 4.90 Å². The maximum atomic E-state index is 12.2. The van der Waals surface area contributed by atoms with Gasteiger partial charge in [-0.1, -0.05) is 42.5 Å². The van der Waals surface area contributed by atoms with Crippen LogP contribution in [0.25, 0.3) is 10.6 Å². The average molecular weight is 358 g/mol. The van der Waals surface area contributed by atoms with Gasteiger partial charge in [0.2, 0.25) is 10.0 Å². The molecule has 1 aromatic heterocycles. The smallest absolute Gasteiger partial charge is 0.240 e. The van der Waals surface area contributed by atoms with Gasteiger partial charge in [0.15, 0.2) is 0 Å². The molecule has 0 aliphatic carbocycles. The van der Waals surface area contributed by atoms with Crippen molar-refractivity contribution in [3.8, 4) is 10.6 Å². The van der Waals surface area contributed by atoms with Crippen LogP contribution in [0.15, 0.2) is 64.9 Å². The predicted octanol–water partition coefficient (Wildman–Crippen LogP) is 3.64. The second kappa shape index (κ2) is 7.25. The summed E-state index contributed by atoms with van der Waals surface area (Å²) in [5, 5.41) is 2.95. The molecule has 3 rings (SSSR count). The predicted molar refractivity (Wildman–Crippen MR) is 97.6 cm³/mol. The zero-order valence-corrected chi connectivity index (χ0v) is 14.9. The van der Waals surface area contributed by atoms with Gasteiger partial charge in [-0.2, -0.15) is 0 Å². The highest BCUT2D eigenvalue weighted by Gasteiger charge is 2.13. The number of thiazole rings is 1. The molecule has 0 spiro atoms. The van der Waals surface area contributed by atoms with Crippen LogP contribution in [0.1, 0.15) is 11.3 Å². The van der Waals surface area contributed by atoms with Gasteiger partial charge >= 0.3 is 0 Å². The summed E-state index contributed by atoms with van der Waals surface area (Å²) in [5.41, 5.74) is 3.20. The van der Waals surface area contributed by atoms with Gasteiger partial charge in [0, 0.05) is 23.9 Å². The Morgan fingerprint density at radius 3 is 2.50 bits per heavy atom. The number of benzene rings is 2. The van der Waals surface area contributed by atoms with Crippen molar-refractivity contribution >= 4 is 21.4 Å². The molecule has 1 heterocycles. The number of hydrogen-bond donors (Lipinski definition) is 1. The van der Waals surface area contributed by atoms with Crippen LogP contribution < -0.4 is 4.72 Å². The van der Waals surface area contributed by atoms with E-state index in [0.717, 1.165) is 16.3 Å². The minimum atomic E-state index is -3.46. The number of sulfonamides is 1. The van der Waals surface area contributed by atoms with E-state index in [0.29, 0.717) is 13.0 Å². The lowest BCUT2D eigenvalue weighted by Gasteiger charge is -2.05. The molecule has 1 N–H and O–H groups in total. The van der Waals surface area contributed by atoms with Crippen molar-refractivity contribution in [2.24, 2.45) is 0 Å². The molecule has 0 atom stereocenters. The molecule has 3 aromatic rings. The Balaban J connectivity index is 1.63. The molecule has 0 radical (unpaired) electrons. The van der Waals surface area contributed by atoms with Crippen molar-refractivity contribution < 1.29 is 8.42 Å². The van der Waals surface area contributed by atoms with Gasteiger partial charge in [0.25, 0.3) is 0 Å². The lowest BCUT2D eigenvalue weighted by molar-refractivity contribution is 0.581. The molecular formula is C18H18N2O2S2. The minimum Gasteiger partial charge on any atom is -0.241 e. The summed E-state index contributed by atoms with van der Waals surface area (Å²) >= 11 is 1.58. The Labute approximate surface area is 146 Å². The van der Waals surface area contributed by atoms with Crippen LogP contribution >= 0.6 is 11.3 Å². The molecule has 0 fully saturated rings. The second-order valence-electron chi connectivity index (χ2n) is 5.42. The molecule has 0 aliphatic rings. The van der Waals surface area contributed by atoms with E-state index in [1.807, 2.05) is 17.5 Å². The van der Waals surface area contributed by atoms with Crippen molar-refractivity contribution in [1.29, 1.82) is 0 Å². The van der Waals surface area contributed by atoms with Gasteiger partial charge in [0.05, 0.1) is 10.6 Å². The van der Waals surface area contributed by atoms with Gasteiger partial charge in [-0.3, -0.25) is 0 Å². The van der Waals surface area contributed by atoms with Crippen LogP contribution in [0, 0.1) is 6.92 Å². The van der Waals surface area contributed by atoms with Crippen molar-refractivity contribution in [1.82, 2.24) is 9.71 Å². The fraction of sp³-hybridized carbons (Fsp3) is 0.167. The molecular weight excluding hydrogens is 340 g/mol. The molecule has 124 valence electrons. The van der Waals surface area contributed by atoms with E-state index in [9.17, 15) is 8.42 Å². The van der Waals surface area contributed by atoms with Crippen molar-refractivity contribution in [3.63, 3.8) is 0 Å². The first-order chi connectivity index (χ1) is 11.6. The topological polar surface area (TPSA) is 59.1 Å². The SMILES string of the molecule is Cc1ccccc1-c1nc(CCNS(=O)(=O)c2ccccc2)cs1. The van der Waals surface area contributed by atoms with E-state index in [1.54, 1.807) is 41.7 Å². The number of aromatic nitrogens is 1. The lowest BCUT2D eigenvalue weighted by atomic mass is 10.1. The first-order valence-corrected chi connectivity index (χ1v) is 9.98.